The molecule has 0 radical (unpaired) electrons. The van der Waals surface area contributed by atoms with Crippen LogP contribution in [0, 0.1) is 33.8 Å². The number of non-ortho nitro benzene ring substituents is 1. The highest BCUT2D eigenvalue weighted by Crippen LogP contribution is 2.60. The van der Waals surface area contributed by atoms with Gasteiger partial charge in [0.15, 0.2) is 0 Å². The second kappa shape index (κ2) is 4.15. The molecule has 0 saturated heterocycles. The van der Waals surface area contributed by atoms with Crippen molar-refractivity contribution in [2.45, 2.75) is 24.9 Å². The smallest absolute Gasteiger partial charge is 0.258 e. The number of nitro groups is 1. The average Bonchev–Trinajstić information content (AvgIpc) is 3.25. The van der Waals surface area contributed by atoms with Crippen LogP contribution in [0.3, 0.4) is 0 Å². The van der Waals surface area contributed by atoms with Gasteiger partial charge in [-0.25, -0.2) is 5.01 Å². The molecule has 0 spiro atoms. The Bertz CT molecular complexity index is 699. The summed E-state index contributed by atoms with van der Waals surface area (Å²) in [5.41, 5.74) is 1.02. The van der Waals surface area contributed by atoms with Crippen LogP contribution >= 0.6 is 0 Å². The van der Waals surface area contributed by atoms with E-state index in [2.05, 4.69) is 22.5 Å². The van der Waals surface area contributed by atoms with Crippen LogP contribution in [0.25, 0.3) is 0 Å². The molecule has 6 nitrogen and oxygen atoms in total. The lowest BCUT2D eigenvalue weighted by molar-refractivity contribution is -0.384. The number of fused-ring (bicyclic) bond motifs is 8. The summed E-state index contributed by atoms with van der Waals surface area (Å²) in [4.78, 5) is 10.4. The Kier molecular flexibility index (Phi) is 2.32. The second-order valence-corrected chi connectivity index (χ2v) is 6.77. The van der Waals surface area contributed by atoms with Crippen molar-refractivity contribution in [2.75, 3.05) is 5.01 Å². The molecule has 0 N–H and O–H groups in total. The molecule has 112 valence electrons. The molecule has 0 amide bonds. The van der Waals surface area contributed by atoms with Crippen LogP contribution < -0.4 is 5.01 Å². The molecule has 6 heteroatoms. The minimum atomic E-state index is -0.371. The number of benzene rings is 1. The van der Waals surface area contributed by atoms with E-state index in [1.54, 1.807) is 24.3 Å². The number of hydrogen-bond donors (Lipinski definition) is 0. The van der Waals surface area contributed by atoms with E-state index in [0.29, 0.717) is 29.8 Å². The van der Waals surface area contributed by atoms with Gasteiger partial charge in [0, 0.05) is 12.1 Å². The number of anilines is 1. The predicted molar refractivity (Wildman–Crippen MR) is 80.3 cm³/mol. The summed E-state index contributed by atoms with van der Waals surface area (Å²) in [5.74, 6) is 2.71. The summed E-state index contributed by atoms with van der Waals surface area (Å²) >= 11 is 0. The highest BCUT2D eigenvalue weighted by atomic mass is 16.6. The van der Waals surface area contributed by atoms with Gasteiger partial charge in [0.2, 0.25) is 0 Å². The van der Waals surface area contributed by atoms with Crippen molar-refractivity contribution in [3.8, 4) is 0 Å². The van der Waals surface area contributed by atoms with E-state index >= 15 is 0 Å². The first kappa shape index (κ1) is 12.3. The van der Waals surface area contributed by atoms with Crippen molar-refractivity contribution < 1.29 is 4.92 Å². The summed E-state index contributed by atoms with van der Waals surface area (Å²) in [6, 6.07) is 7.30. The minimum Gasteiger partial charge on any atom is -0.258 e. The van der Waals surface area contributed by atoms with Crippen molar-refractivity contribution in [1.29, 1.82) is 0 Å². The van der Waals surface area contributed by atoms with Gasteiger partial charge in [-0.05, 0) is 48.6 Å². The molecule has 5 rings (SSSR count). The van der Waals surface area contributed by atoms with Gasteiger partial charge in [-0.15, -0.1) is 0 Å². The van der Waals surface area contributed by atoms with Crippen LogP contribution in [0.5, 0.6) is 0 Å². The van der Waals surface area contributed by atoms with E-state index in [1.165, 1.54) is 12.8 Å². The molecule has 2 saturated carbocycles. The van der Waals surface area contributed by atoms with E-state index < -0.39 is 0 Å². The van der Waals surface area contributed by atoms with Crippen LogP contribution in [0.1, 0.15) is 12.8 Å². The molecule has 1 aliphatic heterocycles. The number of nitrogens with zero attached hydrogens (tertiary/aromatic N) is 4. The number of nitro benzene ring substituents is 1. The molecule has 1 heterocycles. The lowest BCUT2D eigenvalue weighted by Gasteiger charge is -2.35. The van der Waals surface area contributed by atoms with Gasteiger partial charge >= 0.3 is 0 Å². The Morgan fingerprint density at radius 1 is 1.18 bits per heavy atom. The van der Waals surface area contributed by atoms with Crippen LogP contribution in [0.2, 0.25) is 0 Å². The predicted octanol–water partition coefficient (Wildman–Crippen LogP) is 3.36. The maximum Gasteiger partial charge on any atom is 0.269 e. The van der Waals surface area contributed by atoms with Crippen molar-refractivity contribution in [1.82, 2.24) is 0 Å². The van der Waals surface area contributed by atoms with E-state index in [1.807, 2.05) is 5.01 Å². The first-order valence-electron chi connectivity index (χ1n) is 7.85. The van der Waals surface area contributed by atoms with Gasteiger partial charge in [0.25, 0.3) is 5.69 Å². The van der Waals surface area contributed by atoms with Gasteiger partial charge in [-0.3, -0.25) is 10.1 Å². The van der Waals surface area contributed by atoms with E-state index in [4.69, 9.17) is 0 Å². The lowest BCUT2D eigenvalue weighted by Crippen LogP contribution is -2.44. The van der Waals surface area contributed by atoms with Gasteiger partial charge in [0.1, 0.15) is 0 Å². The van der Waals surface area contributed by atoms with Crippen molar-refractivity contribution >= 4 is 11.4 Å². The molecular formula is C16H16N4O2. The number of rotatable bonds is 2. The minimum absolute atomic E-state index is 0.114. The molecule has 1 aromatic carbocycles. The third kappa shape index (κ3) is 1.44. The fourth-order valence-corrected chi connectivity index (χ4v) is 5.13. The van der Waals surface area contributed by atoms with Crippen LogP contribution in [-0.2, 0) is 0 Å². The molecule has 3 aliphatic carbocycles. The quantitative estimate of drug-likeness (QED) is 0.477. The summed E-state index contributed by atoms with van der Waals surface area (Å²) < 4.78 is 0. The van der Waals surface area contributed by atoms with Gasteiger partial charge < -0.3 is 0 Å². The molecule has 2 bridgehead atoms. The molecule has 2 fully saturated rings. The molecule has 0 aromatic heterocycles. The van der Waals surface area contributed by atoms with Gasteiger partial charge in [-0.1, -0.05) is 17.4 Å². The molecular weight excluding hydrogens is 280 g/mol. The summed E-state index contributed by atoms with van der Waals surface area (Å²) in [6.07, 6.45) is 7.15. The highest BCUT2D eigenvalue weighted by molar-refractivity contribution is 5.52. The normalized spacial score (nSPS) is 40.3. The van der Waals surface area contributed by atoms with Crippen molar-refractivity contribution in [2.24, 2.45) is 34.0 Å². The van der Waals surface area contributed by atoms with Gasteiger partial charge in [0.05, 0.1) is 22.7 Å². The number of hydrogen-bond acceptors (Lipinski definition) is 5. The monoisotopic (exact) mass is 296 g/mol. The maximum absolute atomic E-state index is 10.8. The fraction of sp³-hybridized carbons (Fsp3) is 0.500. The Balaban J connectivity index is 1.46. The van der Waals surface area contributed by atoms with Crippen molar-refractivity contribution in [3.05, 3.63) is 46.5 Å². The Hall–Kier alpha value is -2.24. The summed E-state index contributed by atoms with van der Waals surface area (Å²) in [5, 5.41) is 21.7. The highest BCUT2D eigenvalue weighted by Gasteiger charge is 2.61. The van der Waals surface area contributed by atoms with E-state index in [9.17, 15) is 10.1 Å². The van der Waals surface area contributed by atoms with Gasteiger partial charge in [-0.2, -0.15) is 5.11 Å². The zero-order valence-electron chi connectivity index (χ0n) is 11.9. The van der Waals surface area contributed by atoms with E-state index in [-0.39, 0.29) is 10.6 Å². The van der Waals surface area contributed by atoms with Crippen LogP contribution in [-0.4, -0.2) is 17.0 Å². The first-order valence-corrected chi connectivity index (χ1v) is 7.85. The fourth-order valence-electron chi connectivity index (χ4n) is 5.13. The maximum atomic E-state index is 10.8. The molecule has 0 unspecified atom stereocenters. The number of allylic oxidation sites excluding steroid dienone is 2. The average molecular weight is 296 g/mol. The second-order valence-electron chi connectivity index (χ2n) is 6.77. The zero-order valence-corrected chi connectivity index (χ0v) is 11.9. The summed E-state index contributed by atoms with van der Waals surface area (Å²) in [7, 11) is 0. The lowest BCUT2D eigenvalue weighted by atomic mass is 9.76. The summed E-state index contributed by atoms with van der Waals surface area (Å²) in [6.45, 7) is 0. The van der Waals surface area contributed by atoms with E-state index in [0.717, 1.165) is 11.6 Å². The molecule has 1 aromatic rings. The Morgan fingerprint density at radius 3 is 2.77 bits per heavy atom. The Labute approximate surface area is 127 Å². The molecule has 6 atom stereocenters. The molecule has 22 heavy (non-hydrogen) atoms. The topological polar surface area (TPSA) is 71.1 Å². The van der Waals surface area contributed by atoms with Crippen molar-refractivity contribution in [3.63, 3.8) is 0 Å². The molecule has 4 aliphatic rings. The Morgan fingerprint density at radius 2 is 2.00 bits per heavy atom. The zero-order chi connectivity index (χ0) is 14.8. The third-order valence-corrected chi connectivity index (χ3v) is 5.97. The standard InChI is InChI=1S/C16H16N4O2/c21-20(22)10-6-4-9(5-7-10)19-16-14-8-13(15(16)17-18-19)11-2-1-3-12(11)14/h1,3-7,11-16H,2,8H2/t11-,12-,13-,14+,15-,16+/m0/s1. The van der Waals surface area contributed by atoms with Crippen LogP contribution in [0.4, 0.5) is 11.4 Å². The first-order chi connectivity index (χ1) is 10.7. The van der Waals surface area contributed by atoms with Crippen LogP contribution in [0.15, 0.2) is 46.8 Å². The largest absolute Gasteiger partial charge is 0.269 e. The SMILES string of the molecule is O=[N+]([O-])c1ccc(N2N=N[C@H]3[C@H]4C[C@H]([C@H]5C=CC[C@@H]54)[C@H]32)cc1. The third-order valence-electron chi connectivity index (χ3n) is 5.97.